The lowest BCUT2D eigenvalue weighted by Gasteiger charge is -2.07. The van der Waals surface area contributed by atoms with Crippen molar-refractivity contribution >= 4 is 23.6 Å². The highest BCUT2D eigenvalue weighted by molar-refractivity contribution is 5.94. The average molecular weight is 323 g/mol. The summed E-state index contributed by atoms with van der Waals surface area (Å²) in [6.07, 6.45) is 2.97. The van der Waals surface area contributed by atoms with Gasteiger partial charge < -0.3 is 10.1 Å². The van der Waals surface area contributed by atoms with Crippen molar-refractivity contribution in [1.29, 1.82) is 0 Å². The second-order valence-electron chi connectivity index (χ2n) is 5.78. The van der Waals surface area contributed by atoms with Crippen LogP contribution in [0.5, 0.6) is 0 Å². The maximum Gasteiger partial charge on any atom is 0.331 e. The third kappa shape index (κ3) is 5.72. The molecule has 124 valence electrons. The third-order valence-electron chi connectivity index (χ3n) is 3.34. The summed E-state index contributed by atoms with van der Waals surface area (Å²) in [5.41, 5.74) is 4.87. The van der Waals surface area contributed by atoms with Gasteiger partial charge in [0.15, 0.2) is 6.61 Å². The van der Waals surface area contributed by atoms with Crippen LogP contribution in [-0.4, -0.2) is 18.5 Å². The summed E-state index contributed by atoms with van der Waals surface area (Å²) < 4.78 is 4.94. The molecule has 4 nitrogen and oxygen atoms in total. The van der Waals surface area contributed by atoms with Gasteiger partial charge in [0.1, 0.15) is 0 Å². The fourth-order valence-electron chi connectivity index (χ4n) is 2.27. The molecule has 0 saturated heterocycles. The van der Waals surface area contributed by atoms with Crippen molar-refractivity contribution in [1.82, 2.24) is 0 Å². The molecule has 0 aromatic heterocycles. The molecule has 0 heterocycles. The number of rotatable bonds is 5. The lowest BCUT2D eigenvalue weighted by atomic mass is 10.1. The van der Waals surface area contributed by atoms with E-state index in [-0.39, 0.29) is 12.5 Å². The van der Waals surface area contributed by atoms with Crippen LogP contribution in [0.1, 0.15) is 22.3 Å². The minimum Gasteiger partial charge on any atom is -0.452 e. The second-order valence-corrected chi connectivity index (χ2v) is 5.78. The molecule has 2 aromatic carbocycles. The average Bonchev–Trinajstić information content (AvgIpc) is 2.51. The van der Waals surface area contributed by atoms with Gasteiger partial charge in [-0.1, -0.05) is 35.9 Å². The maximum atomic E-state index is 11.8. The molecule has 24 heavy (non-hydrogen) atoms. The van der Waals surface area contributed by atoms with E-state index >= 15 is 0 Å². The first-order valence-electron chi connectivity index (χ1n) is 7.72. The van der Waals surface area contributed by atoms with Gasteiger partial charge in [0.05, 0.1) is 0 Å². The Morgan fingerprint density at radius 1 is 0.958 bits per heavy atom. The van der Waals surface area contributed by atoms with E-state index in [9.17, 15) is 9.59 Å². The van der Waals surface area contributed by atoms with Crippen LogP contribution in [0.2, 0.25) is 0 Å². The number of nitrogens with one attached hydrogen (secondary N) is 1. The molecule has 2 aromatic rings. The van der Waals surface area contributed by atoms with E-state index in [2.05, 4.69) is 5.32 Å². The van der Waals surface area contributed by atoms with E-state index in [1.54, 1.807) is 6.08 Å². The molecular weight excluding hydrogens is 302 g/mol. The van der Waals surface area contributed by atoms with E-state index in [0.717, 1.165) is 22.3 Å². The van der Waals surface area contributed by atoms with Crippen molar-refractivity contribution in [3.8, 4) is 0 Å². The molecule has 1 amide bonds. The summed E-state index contributed by atoms with van der Waals surface area (Å²) >= 11 is 0. The Kier molecular flexibility index (Phi) is 5.90. The second kappa shape index (κ2) is 8.11. The number of hydrogen-bond donors (Lipinski definition) is 1. The van der Waals surface area contributed by atoms with Crippen molar-refractivity contribution in [3.05, 3.63) is 70.8 Å². The van der Waals surface area contributed by atoms with E-state index < -0.39 is 5.97 Å². The van der Waals surface area contributed by atoms with Crippen molar-refractivity contribution in [2.45, 2.75) is 20.8 Å². The Balaban J connectivity index is 1.82. The minimum atomic E-state index is -0.550. The number of hydrogen-bond acceptors (Lipinski definition) is 3. The van der Waals surface area contributed by atoms with Gasteiger partial charge in [-0.2, -0.15) is 0 Å². The molecule has 0 aliphatic carbocycles. The number of anilines is 1. The van der Waals surface area contributed by atoms with Gasteiger partial charge in [0.25, 0.3) is 5.91 Å². The van der Waals surface area contributed by atoms with Crippen molar-refractivity contribution in [2.75, 3.05) is 11.9 Å². The smallest absolute Gasteiger partial charge is 0.331 e. The van der Waals surface area contributed by atoms with Crippen LogP contribution in [0, 0.1) is 20.8 Å². The van der Waals surface area contributed by atoms with Gasteiger partial charge in [-0.3, -0.25) is 4.79 Å². The third-order valence-corrected chi connectivity index (χ3v) is 3.34. The molecule has 0 radical (unpaired) electrons. The quantitative estimate of drug-likeness (QED) is 0.672. The van der Waals surface area contributed by atoms with Crippen LogP contribution in [-0.2, 0) is 14.3 Å². The van der Waals surface area contributed by atoms with E-state index in [4.69, 9.17) is 4.74 Å². The van der Waals surface area contributed by atoms with Crippen LogP contribution in [0.4, 0.5) is 5.69 Å². The topological polar surface area (TPSA) is 55.4 Å². The van der Waals surface area contributed by atoms with Crippen LogP contribution in [0.25, 0.3) is 6.08 Å². The van der Waals surface area contributed by atoms with Crippen molar-refractivity contribution in [2.24, 2.45) is 0 Å². The molecule has 0 fully saturated rings. The Labute approximate surface area is 142 Å². The summed E-state index contributed by atoms with van der Waals surface area (Å²) in [5, 5.41) is 2.72. The van der Waals surface area contributed by atoms with Crippen molar-refractivity contribution < 1.29 is 14.3 Å². The Bertz CT molecular complexity index is 741. The fraction of sp³-hybridized carbons (Fsp3) is 0.200. The molecule has 0 saturated carbocycles. The number of carbonyl (C=O) groups excluding carboxylic acids is 2. The largest absolute Gasteiger partial charge is 0.452 e. The number of carbonyl (C=O) groups is 2. The number of esters is 1. The highest BCUT2D eigenvalue weighted by Gasteiger charge is 2.06. The molecule has 0 atom stereocenters. The van der Waals surface area contributed by atoms with E-state index in [0.29, 0.717) is 5.69 Å². The first kappa shape index (κ1) is 17.5. The Morgan fingerprint density at radius 2 is 1.58 bits per heavy atom. The van der Waals surface area contributed by atoms with Crippen LogP contribution < -0.4 is 5.32 Å². The Hall–Kier alpha value is -2.88. The van der Waals surface area contributed by atoms with Gasteiger partial charge in [-0.25, -0.2) is 4.79 Å². The van der Waals surface area contributed by atoms with Gasteiger partial charge in [-0.05, 0) is 55.7 Å². The number of aryl methyl sites for hydroxylation is 3. The normalized spacial score (nSPS) is 10.6. The first-order chi connectivity index (χ1) is 11.4. The van der Waals surface area contributed by atoms with E-state index in [1.165, 1.54) is 6.08 Å². The Morgan fingerprint density at radius 3 is 2.21 bits per heavy atom. The number of benzene rings is 2. The van der Waals surface area contributed by atoms with Crippen LogP contribution in [0.15, 0.2) is 48.5 Å². The highest BCUT2D eigenvalue weighted by Crippen LogP contribution is 2.13. The molecule has 1 N–H and O–H groups in total. The maximum absolute atomic E-state index is 11.8. The standard InChI is InChI=1S/C20H21NO3/c1-14-4-6-17(7-5-14)8-9-20(23)24-13-19(22)21-18-11-15(2)10-16(3)12-18/h4-12H,13H2,1-3H3,(H,21,22)/b9-8+. The van der Waals surface area contributed by atoms with Crippen LogP contribution >= 0.6 is 0 Å². The summed E-state index contributed by atoms with van der Waals surface area (Å²) in [6, 6.07) is 13.5. The molecule has 0 bridgehead atoms. The highest BCUT2D eigenvalue weighted by atomic mass is 16.5. The summed E-state index contributed by atoms with van der Waals surface area (Å²) in [6.45, 7) is 5.59. The molecule has 0 unspecified atom stereocenters. The summed E-state index contributed by atoms with van der Waals surface area (Å²) in [5.74, 6) is -0.914. The molecule has 4 heteroatoms. The van der Waals surface area contributed by atoms with Crippen LogP contribution in [0.3, 0.4) is 0 Å². The zero-order valence-electron chi connectivity index (χ0n) is 14.1. The molecule has 2 rings (SSSR count). The first-order valence-corrected chi connectivity index (χ1v) is 7.72. The van der Waals surface area contributed by atoms with Gasteiger partial charge in [0, 0.05) is 11.8 Å². The lowest BCUT2D eigenvalue weighted by Crippen LogP contribution is -2.20. The zero-order chi connectivity index (χ0) is 17.5. The monoisotopic (exact) mass is 323 g/mol. The number of ether oxygens (including phenoxy) is 1. The fourth-order valence-corrected chi connectivity index (χ4v) is 2.27. The van der Waals surface area contributed by atoms with Gasteiger partial charge in [0.2, 0.25) is 0 Å². The van der Waals surface area contributed by atoms with E-state index in [1.807, 2.05) is 63.2 Å². The molecule has 0 spiro atoms. The summed E-state index contributed by atoms with van der Waals surface area (Å²) in [4.78, 5) is 23.5. The minimum absolute atomic E-state index is 0.315. The predicted octanol–water partition coefficient (Wildman–Crippen LogP) is 3.81. The number of amides is 1. The van der Waals surface area contributed by atoms with Gasteiger partial charge in [-0.15, -0.1) is 0 Å². The molecular formula is C20H21NO3. The molecule has 0 aliphatic heterocycles. The van der Waals surface area contributed by atoms with Gasteiger partial charge >= 0.3 is 5.97 Å². The lowest BCUT2D eigenvalue weighted by molar-refractivity contribution is -0.142. The SMILES string of the molecule is Cc1ccc(/C=C/C(=O)OCC(=O)Nc2cc(C)cc(C)c2)cc1. The summed E-state index contributed by atoms with van der Waals surface area (Å²) in [7, 11) is 0. The predicted molar refractivity (Wildman–Crippen MR) is 95.7 cm³/mol. The van der Waals surface area contributed by atoms with Crippen molar-refractivity contribution in [3.63, 3.8) is 0 Å². The zero-order valence-corrected chi connectivity index (χ0v) is 14.1. The molecule has 0 aliphatic rings.